The number of hydrogen-bond donors (Lipinski definition) is 2. The maximum absolute atomic E-state index is 13.6. The Morgan fingerprint density at radius 2 is 2.08 bits per heavy atom. The second-order valence-corrected chi connectivity index (χ2v) is 6.82. The topological polar surface area (TPSA) is 54.0 Å². The zero-order valence-electron chi connectivity index (χ0n) is 12.4. The molecule has 8 heteroatoms. The molecule has 2 aromatic carbocycles. The number of thiocarbonyl (C=S) groups is 1. The fourth-order valence-corrected chi connectivity index (χ4v) is 3.41. The highest BCUT2D eigenvalue weighted by molar-refractivity contribution is 7.80. The van der Waals surface area contributed by atoms with Gasteiger partial charge in [0, 0.05) is 5.02 Å². The lowest BCUT2D eigenvalue weighted by Gasteiger charge is -2.07. The van der Waals surface area contributed by atoms with Crippen molar-refractivity contribution in [3.63, 3.8) is 0 Å². The summed E-state index contributed by atoms with van der Waals surface area (Å²) in [4.78, 5) is 16.4. The van der Waals surface area contributed by atoms with Crippen LogP contribution < -0.4 is 10.6 Å². The number of nitrogens with one attached hydrogen (secondary N) is 2. The Labute approximate surface area is 151 Å². The standard InChI is InChI=1S/C16H11ClFN3OS2/c1-8-6-13-12(7-10(8)17)19-16(24-13)21-15(23)20-14(22)9-4-2-3-5-11(9)18/h2-7H,1H3,(H2,19,20,21,22,23). The van der Waals surface area contributed by atoms with Gasteiger partial charge in [-0.25, -0.2) is 9.37 Å². The van der Waals surface area contributed by atoms with Gasteiger partial charge in [0.05, 0.1) is 15.8 Å². The lowest BCUT2D eigenvalue weighted by molar-refractivity contribution is 0.0974. The van der Waals surface area contributed by atoms with Crippen LogP contribution in [-0.2, 0) is 0 Å². The number of benzene rings is 2. The second kappa shape index (κ2) is 6.80. The molecular formula is C16H11ClFN3OS2. The number of carbonyl (C=O) groups excluding carboxylic acids is 1. The highest BCUT2D eigenvalue weighted by Gasteiger charge is 2.13. The first-order valence-electron chi connectivity index (χ1n) is 6.87. The number of aromatic nitrogens is 1. The summed E-state index contributed by atoms with van der Waals surface area (Å²) in [5.41, 5.74) is 1.62. The van der Waals surface area contributed by atoms with Crippen LogP contribution in [0.2, 0.25) is 5.02 Å². The lowest BCUT2D eigenvalue weighted by atomic mass is 10.2. The van der Waals surface area contributed by atoms with Crippen molar-refractivity contribution >= 4 is 61.5 Å². The van der Waals surface area contributed by atoms with E-state index in [2.05, 4.69) is 15.6 Å². The minimum atomic E-state index is -0.620. The van der Waals surface area contributed by atoms with E-state index in [4.69, 9.17) is 23.8 Å². The van der Waals surface area contributed by atoms with Gasteiger partial charge in [-0.1, -0.05) is 35.1 Å². The van der Waals surface area contributed by atoms with Gasteiger partial charge < -0.3 is 5.32 Å². The third-order valence-corrected chi connectivity index (χ3v) is 4.78. The Bertz CT molecular complexity index is 919. The molecule has 0 aliphatic heterocycles. The number of nitrogens with zero attached hydrogens (tertiary/aromatic N) is 1. The number of fused-ring (bicyclic) bond motifs is 1. The summed E-state index contributed by atoms with van der Waals surface area (Å²) >= 11 is 12.5. The molecule has 122 valence electrons. The zero-order valence-corrected chi connectivity index (χ0v) is 14.8. The third kappa shape index (κ3) is 3.53. The number of halogens is 2. The van der Waals surface area contributed by atoms with Gasteiger partial charge in [0.1, 0.15) is 5.82 Å². The SMILES string of the molecule is Cc1cc2sc(NC(=S)NC(=O)c3ccccc3F)nc2cc1Cl. The van der Waals surface area contributed by atoms with Crippen molar-refractivity contribution in [3.8, 4) is 0 Å². The summed E-state index contributed by atoms with van der Waals surface area (Å²) in [6, 6.07) is 9.39. The summed E-state index contributed by atoms with van der Waals surface area (Å²) in [6.07, 6.45) is 0. The van der Waals surface area contributed by atoms with E-state index in [1.807, 2.05) is 13.0 Å². The van der Waals surface area contributed by atoms with Crippen molar-refractivity contribution in [2.24, 2.45) is 0 Å². The number of carbonyl (C=O) groups is 1. The lowest BCUT2D eigenvalue weighted by Crippen LogP contribution is -2.34. The summed E-state index contributed by atoms with van der Waals surface area (Å²) < 4.78 is 14.5. The van der Waals surface area contributed by atoms with E-state index in [0.717, 1.165) is 15.8 Å². The number of anilines is 1. The van der Waals surface area contributed by atoms with Crippen LogP contribution >= 0.6 is 35.2 Å². The fraction of sp³-hybridized carbons (Fsp3) is 0.0625. The predicted octanol–water partition coefficient (Wildman–Crippen LogP) is 4.52. The van der Waals surface area contributed by atoms with E-state index >= 15 is 0 Å². The third-order valence-electron chi connectivity index (χ3n) is 3.23. The van der Waals surface area contributed by atoms with Crippen molar-refractivity contribution in [2.45, 2.75) is 6.92 Å². The van der Waals surface area contributed by atoms with Gasteiger partial charge in [-0.2, -0.15) is 0 Å². The van der Waals surface area contributed by atoms with E-state index in [0.29, 0.717) is 10.2 Å². The van der Waals surface area contributed by atoms with Crippen LogP contribution in [0.4, 0.5) is 9.52 Å². The quantitative estimate of drug-likeness (QED) is 0.642. The number of rotatable bonds is 2. The van der Waals surface area contributed by atoms with Gasteiger partial charge >= 0.3 is 0 Å². The van der Waals surface area contributed by atoms with Gasteiger partial charge in [-0.15, -0.1) is 0 Å². The predicted molar refractivity (Wildman–Crippen MR) is 99.5 cm³/mol. The highest BCUT2D eigenvalue weighted by atomic mass is 35.5. The van der Waals surface area contributed by atoms with Crippen molar-refractivity contribution in [2.75, 3.05) is 5.32 Å². The van der Waals surface area contributed by atoms with Crippen LogP contribution in [-0.4, -0.2) is 16.0 Å². The molecule has 3 rings (SSSR count). The Balaban J connectivity index is 1.73. The first kappa shape index (κ1) is 16.8. The average Bonchev–Trinajstić information content (AvgIpc) is 2.88. The van der Waals surface area contributed by atoms with Crippen molar-refractivity contribution in [1.82, 2.24) is 10.3 Å². The van der Waals surface area contributed by atoms with Crippen LogP contribution in [0.1, 0.15) is 15.9 Å². The molecule has 2 N–H and O–H groups in total. The van der Waals surface area contributed by atoms with Gasteiger partial charge in [0.15, 0.2) is 10.2 Å². The molecule has 24 heavy (non-hydrogen) atoms. The Kier molecular flexibility index (Phi) is 4.75. The Hall–Kier alpha value is -2.09. The molecule has 0 aliphatic carbocycles. The maximum Gasteiger partial charge on any atom is 0.260 e. The normalized spacial score (nSPS) is 10.6. The first-order chi connectivity index (χ1) is 11.4. The average molecular weight is 380 g/mol. The summed E-state index contributed by atoms with van der Waals surface area (Å²) in [5, 5.41) is 6.47. The summed E-state index contributed by atoms with van der Waals surface area (Å²) in [6.45, 7) is 1.91. The molecule has 0 fully saturated rings. The second-order valence-electron chi connectivity index (χ2n) is 4.98. The smallest absolute Gasteiger partial charge is 0.260 e. The molecular weight excluding hydrogens is 369 g/mol. The Morgan fingerprint density at radius 1 is 1.33 bits per heavy atom. The number of thiazole rings is 1. The molecule has 3 aromatic rings. The zero-order chi connectivity index (χ0) is 17.3. The molecule has 0 atom stereocenters. The minimum Gasteiger partial charge on any atom is -0.308 e. The van der Waals surface area contributed by atoms with Crippen LogP contribution in [0.3, 0.4) is 0 Å². The monoisotopic (exact) mass is 379 g/mol. The van der Waals surface area contributed by atoms with E-state index in [-0.39, 0.29) is 10.7 Å². The molecule has 1 amide bonds. The molecule has 0 bridgehead atoms. The summed E-state index contributed by atoms with van der Waals surface area (Å²) in [7, 11) is 0. The molecule has 0 saturated carbocycles. The summed E-state index contributed by atoms with van der Waals surface area (Å²) in [5.74, 6) is -1.23. The fourth-order valence-electron chi connectivity index (χ4n) is 2.05. The van der Waals surface area contributed by atoms with E-state index in [1.54, 1.807) is 12.1 Å². The van der Waals surface area contributed by atoms with Crippen molar-refractivity contribution in [1.29, 1.82) is 0 Å². The highest BCUT2D eigenvalue weighted by Crippen LogP contribution is 2.30. The molecule has 0 aliphatic rings. The number of aryl methyl sites for hydroxylation is 1. The van der Waals surface area contributed by atoms with E-state index < -0.39 is 11.7 Å². The largest absolute Gasteiger partial charge is 0.308 e. The van der Waals surface area contributed by atoms with Gasteiger partial charge in [-0.05, 0) is 49.0 Å². The van der Waals surface area contributed by atoms with E-state index in [1.165, 1.54) is 29.5 Å². The van der Waals surface area contributed by atoms with Gasteiger partial charge in [0.2, 0.25) is 0 Å². The molecule has 1 aromatic heterocycles. The van der Waals surface area contributed by atoms with Crippen LogP contribution in [0.15, 0.2) is 36.4 Å². The van der Waals surface area contributed by atoms with E-state index in [9.17, 15) is 9.18 Å². The van der Waals surface area contributed by atoms with Gasteiger partial charge in [0.25, 0.3) is 5.91 Å². The van der Waals surface area contributed by atoms with Crippen LogP contribution in [0.5, 0.6) is 0 Å². The Morgan fingerprint density at radius 3 is 2.83 bits per heavy atom. The maximum atomic E-state index is 13.6. The molecule has 0 spiro atoms. The van der Waals surface area contributed by atoms with Crippen LogP contribution in [0.25, 0.3) is 10.2 Å². The van der Waals surface area contributed by atoms with Crippen molar-refractivity contribution < 1.29 is 9.18 Å². The number of hydrogen-bond acceptors (Lipinski definition) is 4. The molecule has 0 radical (unpaired) electrons. The minimum absolute atomic E-state index is 0.0464. The number of amides is 1. The van der Waals surface area contributed by atoms with Gasteiger partial charge in [-0.3, -0.25) is 10.1 Å². The van der Waals surface area contributed by atoms with Crippen LogP contribution in [0, 0.1) is 12.7 Å². The molecule has 1 heterocycles. The molecule has 0 saturated heterocycles. The molecule has 4 nitrogen and oxygen atoms in total. The molecule has 0 unspecified atom stereocenters. The first-order valence-corrected chi connectivity index (χ1v) is 8.48. The van der Waals surface area contributed by atoms with Crippen molar-refractivity contribution in [3.05, 3.63) is 58.4 Å².